The number of benzene rings is 1. The fourth-order valence-electron chi connectivity index (χ4n) is 3.09. The maximum Gasteiger partial charge on any atom is 0.209 e. The van der Waals surface area contributed by atoms with Gasteiger partial charge >= 0.3 is 0 Å². The summed E-state index contributed by atoms with van der Waals surface area (Å²) in [6.07, 6.45) is 5.12. The Hall–Kier alpha value is -1.24. The summed E-state index contributed by atoms with van der Waals surface area (Å²) in [7, 11) is 0. The van der Waals surface area contributed by atoms with Gasteiger partial charge in [0.25, 0.3) is 0 Å². The molecule has 1 aromatic heterocycles. The van der Waals surface area contributed by atoms with Gasteiger partial charge in [0, 0.05) is 18.3 Å². The van der Waals surface area contributed by atoms with Gasteiger partial charge in [-0.1, -0.05) is 42.4 Å². The molecule has 3 rings (SSSR count). The normalized spacial score (nSPS) is 19.0. The lowest BCUT2D eigenvalue weighted by Crippen LogP contribution is -2.40. The zero-order valence-corrected chi connectivity index (χ0v) is 15.4. The van der Waals surface area contributed by atoms with Gasteiger partial charge in [0.15, 0.2) is 3.95 Å². The van der Waals surface area contributed by atoms with Gasteiger partial charge in [0.1, 0.15) is 0 Å². The summed E-state index contributed by atoms with van der Waals surface area (Å²) in [5.41, 5.74) is 2.31. The average Bonchev–Trinajstić information content (AvgIpc) is 2.90. The molecule has 0 saturated carbocycles. The highest BCUT2D eigenvalue weighted by molar-refractivity contribution is 7.73. The van der Waals surface area contributed by atoms with Crippen molar-refractivity contribution >= 4 is 34.4 Å². The minimum absolute atomic E-state index is 0.667. The summed E-state index contributed by atoms with van der Waals surface area (Å²) in [4.78, 5) is 2.52. The Kier molecular flexibility index (Phi) is 5.46. The van der Waals surface area contributed by atoms with E-state index in [9.17, 15) is 0 Å². The van der Waals surface area contributed by atoms with Crippen molar-refractivity contribution in [2.75, 3.05) is 11.9 Å². The van der Waals surface area contributed by atoms with E-state index in [4.69, 9.17) is 12.2 Å². The van der Waals surface area contributed by atoms with E-state index in [1.54, 1.807) is 0 Å². The molecule has 0 bridgehead atoms. The van der Waals surface area contributed by atoms with Gasteiger partial charge in [-0.3, -0.25) is 4.90 Å². The lowest BCUT2D eigenvalue weighted by molar-refractivity contribution is 0.101. The van der Waals surface area contributed by atoms with Crippen LogP contribution in [0.4, 0.5) is 10.8 Å². The van der Waals surface area contributed by atoms with Gasteiger partial charge in [0.05, 0.1) is 6.67 Å². The molecule has 2 aromatic rings. The summed E-state index contributed by atoms with van der Waals surface area (Å²) >= 11 is 7.05. The summed E-state index contributed by atoms with van der Waals surface area (Å²) in [5.74, 6) is 0. The Balaban J connectivity index is 1.70. The van der Waals surface area contributed by atoms with Crippen molar-refractivity contribution in [3.8, 4) is 0 Å². The summed E-state index contributed by atoms with van der Waals surface area (Å²) in [6, 6.07) is 9.00. The van der Waals surface area contributed by atoms with Crippen molar-refractivity contribution < 1.29 is 0 Å². The Labute approximate surface area is 147 Å². The minimum atomic E-state index is 0.667. The first kappa shape index (κ1) is 16.6. The second-order valence-corrected chi connectivity index (χ2v) is 7.80. The second-order valence-electron chi connectivity index (χ2n) is 6.18. The van der Waals surface area contributed by atoms with E-state index in [0.29, 0.717) is 6.04 Å². The van der Waals surface area contributed by atoms with E-state index in [-0.39, 0.29) is 0 Å². The predicted molar refractivity (Wildman–Crippen MR) is 100 cm³/mol. The molecule has 1 N–H and O–H groups in total. The number of aryl methyl sites for hydroxylation is 1. The molecule has 0 unspecified atom stereocenters. The zero-order chi connectivity index (χ0) is 16.2. The molecule has 2 heterocycles. The van der Waals surface area contributed by atoms with Crippen LogP contribution in [0.15, 0.2) is 24.3 Å². The summed E-state index contributed by atoms with van der Waals surface area (Å²) in [6.45, 7) is 6.32. The van der Waals surface area contributed by atoms with Crippen molar-refractivity contribution in [1.82, 2.24) is 14.7 Å². The molecule has 0 radical (unpaired) electrons. The van der Waals surface area contributed by atoms with Crippen LogP contribution in [0.25, 0.3) is 0 Å². The highest BCUT2D eigenvalue weighted by Gasteiger charge is 2.21. The number of nitrogens with one attached hydrogen (secondary N) is 1. The van der Waals surface area contributed by atoms with Gasteiger partial charge in [-0.25, -0.2) is 4.68 Å². The number of nitrogens with zero attached hydrogens (tertiary/aromatic N) is 3. The maximum atomic E-state index is 5.51. The summed E-state index contributed by atoms with van der Waals surface area (Å²) < 4.78 is 2.80. The molecule has 0 aliphatic carbocycles. The molecule has 0 spiro atoms. The Morgan fingerprint density at radius 3 is 2.83 bits per heavy atom. The van der Waals surface area contributed by atoms with Crippen LogP contribution in [-0.4, -0.2) is 27.3 Å². The van der Waals surface area contributed by atoms with Gasteiger partial charge < -0.3 is 5.32 Å². The molecular weight excluding hydrogens is 324 g/mol. The van der Waals surface area contributed by atoms with E-state index in [0.717, 1.165) is 28.0 Å². The molecule has 1 aliphatic rings. The molecule has 1 fully saturated rings. The molecule has 23 heavy (non-hydrogen) atoms. The van der Waals surface area contributed by atoms with E-state index >= 15 is 0 Å². The van der Waals surface area contributed by atoms with E-state index in [2.05, 4.69) is 53.4 Å². The Bertz CT molecular complexity index is 689. The third-order valence-electron chi connectivity index (χ3n) is 4.45. The molecule has 0 amide bonds. The van der Waals surface area contributed by atoms with Gasteiger partial charge in [-0.05, 0) is 50.5 Å². The molecule has 1 atom stereocenters. The van der Waals surface area contributed by atoms with Crippen LogP contribution >= 0.6 is 23.6 Å². The molecule has 1 saturated heterocycles. The van der Waals surface area contributed by atoms with Crippen molar-refractivity contribution in [3.05, 3.63) is 33.8 Å². The average molecular weight is 349 g/mol. The summed E-state index contributed by atoms with van der Waals surface area (Å²) in [5, 5.41) is 8.89. The number of piperidine rings is 1. The van der Waals surface area contributed by atoms with Crippen LogP contribution in [0, 0.1) is 10.9 Å². The zero-order valence-electron chi connectivity index (χ0n) is 13.8. The third kappa shape index (κ3) is 4.19. The largest absolute Gasteiger partial charge is 0.330 e. The van der Waals surface area contributed by atoms with E-state index in [1.165, 1.54) is 42.6 Å². The van der Waals surface area contributed by atoms with Gasteiger partial charge in [-0.15, -0.1) is 5.10 Å². The number of aromatic nitrogens is 2. The molecule has 124 valence electrons. The van der Waals surface area contributed by atoms with Gasteiger partial charge in [-0.2, -0.15) is 0 Å². The van der Waals surface area contributed by atoms with Crippen LogP contribution in [0.1, 0.15) is 38.2 Å². The van der Waals surface area contributed by atoms with Crippen molar-refractivity contribution in [2.24, 2.45) is 0 Å². The molecule has 4 nitrogen and oxygen atoms in total. The predicted octanol–water partition coefficient (Wildman–Crippen LogP) is 4.95. The van der Waals surface area contributed by atoms with E-state index in [1.807, 2.05) is 4.68 Å². The van der Waals surface area contributed by atoms with Crippen molar-refractivity contribution in [1.29, 1.82) is 0 Å². The number of hydrogen-bond donors (Lipinski definition) is 1. The van der Waals surface area contributed by atoms with Gasteiger partial charge in [0.2, 0.25) is 5.13 Å². The Morgan fingerprint density at radius 1 is 1.30 bits per heavy atom. The fraction of sp³-hybridized carbons (Fsp3) is 0.529. The number of hydrogen-bond acceptors (Lipinski definition) is 5. The lowest BCUT2D eigenvalue weighted by Gasteiger charge is -2.34. The van der Waals surface area contributed by atoms with Crippen LogP contribution < -0.4 is 5.32 Å². The van der Waals surface area contributed by atoms with Crippen LogP contribution in [0.2, 0.25) is 0 Å². The molecule has 6 heteroatoms. The third-order valence-corrected chi connectivity index (χ3v) is 5.67. The maximum absolute atomic E-state index is 5.51. The molecule has 1 aliphatic heterocycles. The highest BCUT2D eigenvalue weighted by atomic mass is 32.1. The topological polar surface area (TPSA) is 33.1 Å². The number of rotatable bonds is 5. The first-order chi connectivity index (χ1) is 11.2. The highest BCUT2D eigenvalue weighted by Crippen LogP contribution is 2.23. The van der Waals surface area contributed by atoms with E-state index < -0.39 is 0 Å². The van der Waals surface area contributed by atoms with Crippen LogP contribution in [-0.2, 0) is 6.67 Å². The standard InChI is InChI=1S/C17H24N4S2/c1-3-15-6-4-5-11-20(15)12-21-17(22)23-16(19-21)18-14-9-7-13(2)8-10-14/h7-10,15H,3-6,11-12H2,1-2H3,(H,18,19)/t15-/m0/s1. The smallest absolute Gasteiger partial charge is 0.209 e. The number of likely N-dealkylation sites (tertiary alicyclic amines) is 1. The molecule has 1 aromatic carbocycles. The van der Waals surface area contributed by atoms with Crippen LogP contribution in [0.5, 0.6) is 0 Å². The number of anilines is 2. The SMILES string of the molecule is CC[C@H]1CCCCN1Cn1nc(Nc2ccc(C)cc2)sc1=S. The monoisotopic (exact) mass is 348 g/mol. The van der Waals surface area contributed by atoms with Crippen LogP contribution in [0.3, 0.4) is 0 Å². The molecular formula is C17H24N4S2. The first-order valence-corrected chi connectivity index (χ1v) is 9.54. The lowest BCUT2D eigenvalue weighted by atomic mass is 10.0. The second kappa shape index (κ2) is 7.55. The minimum Gasteiger partial charge on any atom is -0.330 e. The Morgan fingerprint density at radius 2 is 2.09 bits per heavy atom. The van der Waals surface area contributed by atoms with Crippen molar-refractivity contribution in [3.63, 3.8) is 0 Å². The first-order valence-electron chi connectivity index (χ1n) is 8.31. The van der Waals surface area contributed by atoms with Crippen molar-refractivity contribution in [2.45, 2.75) is 52.2 Å². The fourth-order valence-corrected chi connectivity index (χ4v) is 4.10. The quantitative estimate of drug-likeness (QED) is 0.775.